The normalized spacial score (nSPS) is 15.7. The topological polar surface area (TPSA) is 17.1 Å². The van der Waals surface area contributed by atoms with Crippen LogP contribution in [0.25, 0.3) is 0 Å². The Balaban J connectivity index is 1.81. The SMILES string of the molecule is O=C(CCCc1ccc(C(F)(F)F)cc1)C1CC1. The summed E-state index contributed by atoms with van der Waals surface area (Å²) in [5.74, 6) is 0.583. The number of hydrogen-bond acceptors (Lipinski definition) is 1. The van der Waals surface area contributed by atoms with Gasteiger partial charge in [-0.25, -0.2) is 0 Å². The Bertz CT molecular complexity index is 416. The lowest BCUT2D eigenvalue weighted by atomic mass is 10.0. The molecule has 0 amide bonds. The van der Waals surface area contributed by atoms with Gasteiger partial charge in [-0.2, -0.15) is 13.2 Å². The summed E-state index contributed by atoms with van der Waals surface area (Å²) in [4.78, 5) is 11.4. The van der Waals surface area contributed by atoms with E-state index in [1.165, 1.54) is 12.1 Å². The van der Waals surface area contributed by atoms with Gasteiger partial charge >= 0.3 is 6.18 Å². The highest BCUT2D eigenvalue weighted by Crippen LogP contribution is 2.31. The molecular weight excluding hydrogens is 241 g/mol. The average Bonchev–Trinajstić information content (AvgIpc) is 3.12. The highest BCUT2D eigenvalue weighted by molar-refractivity contribution is 5.83. The van der Waals surface area contributed by atoms with Crippen LogP contribution in [-0.4, -0.2) is 5.78 Å². The van der Waals surface area contributed by atoms with Gasteiger partial charge in [-0.1, -0.05) is 12.1 Å². The molecule has 1 aliphatic rings. The number of carbonyl (C=O) groups is 1. The molecule has 0 bridgehead atoms. The minimum Gasteiger partial charge on any atom is -0.299 e. The average molecular weight is 256 g/mol. The first-order chi connectivity index (χ1) is 8.47. The molecule has 1 aromatic rings. The molecule has 0 unspecified atom stereocenters. The molecule has 1 fully saturated rings. The van der Waals surface area contributed by atoms with E-state index in [1.54, 1.807) is 0 Å². The van der Waals surface area contributed by atoms with Crippen molar-refractivity contribution in [3.05, 3.63) is 35.4 Å². The number of rotatable bonds is 5. The molecule has 1 aromatic carbocycles. The zero-order valence-electron chi connectivity index (χ0n) is 9.96. The molecule has 4 heteroatoms. The van der Waals surface area contributed by atoms with Gasteiger partial charge in [0.05, 0.1) is 5.56 Å². The van der Waals surface area contributed by atoms with Gasteiger partial charge in [-0.05, 0) is 43.4 Å². The molecule has 2 rings (SSSR count). The minimum atomic E-state index is -4.28. The van der Waals surface area contributed by atoms with E-state index in [0.717, 1.165) is 37.0 Å². The van der Waals surface area contributed by atoms with Crippen LogP contribution in [0.1, 0.15) is 36.8 Å². The maximum Gasteiger partial charge on any atom is 0.416 e. The van der Waals surface area contributed by atoms with Crippen LogP contribution in [0.4, 0.5) is 13.2 Å². The Hall–Kier alpha value is -1.32. The molecule has 98 valence electrons. The van der Waals surface area contributed by atoms with Crippen LogP contribution in [0.5, 0.6) is 0 Å². The molecule has 0 aromatic heterocycles. The lowest BCUT2D eigenvalue weighted by molar-refractivity contribution is -0.137. The number of carbonyl (C=O) groups excluding carboxylic acids is 1. The fourth-order valence-corrected chi connectivity index (χ4v) is 1.94. The van der Waals surface area contributed by atoms with Crippen LogP contribution in [0.2, 0.25) is 0 Å². The third kappa shape index (κ3) is 3.59. The number of Topliss-reactive ketones (excluding diaryl/α,β-unsaturated/α-hetero) is 1. The highest BCUT2D eigenvalue weighted by atomic mass is 19.4. The summed E-state index contributed by atoms with van der Waals surface area (Å²) in [6.07, 6.45) is -0.318. The van der Waals surface area contributed by atoms with Crippen LogP contribution in [0.3, 0.4) is 0 Å². The second kappa shape index (κ2) is 5.12. The second-order valence-corrected chi connectivity index (χ2v) is 4.79. The van der Waals surface area contributed by atoms with Gasteiger partial charge in [0.25, 0.3) is 0 Å². The first-order valence-electron chi connectivity index (χ1n) is 6.15. The first-order valence-corrected chi connectivity index (χ1v) is 6.15. The third-order valence-electron chi connectivity index (χ3n) is 3.20. The fraction of sp³-hybridized carbons (Fsp3) is 0.500. The van der Waals surface area contributed by atoms with Crippen molar-refractivity contribution in [3.8, 4) is 0 Å². The molecule has 0 radical (unpaired) electrons. The number of alkyl halides is 3. The Morgan fingerprint density at radius 2 is 1.78 bits per heavy atom. The monoisotopic (exact) mass is 256 g/mol. The summed E-state index contributed by atoms with van der Waals surface area (Å²) in [6.45, 7) is 0. The standard InChI is InChI=1S/C14H15F3O/c15-14(16,17)12-8-4-10(5-9-12)2-1-3-13(18)11-6-7-11/h4-5,8-9,11H,1-3,6-7H2. The van der Waals surface area contributed by atoms with Crippen LogP contribution in [0, 0.1) is 5.92 Å². The molecule has 0 heterocycles. The number of halogens is 3. The van der Waals surface area contributed by atoms with E-state index in [1.807, 2.05) is 0 Å². The molecular formula is C14H15F3O. The van der Waals surface area contributed by atoms with Gasteiger partial charge < -0.3 is 0 Å². The van der Waals surface area contributed by atoms with Crippen molar-refractivity contribution >= 4 is 5.78 Å². The Morgan fingerprint density at radius 3 is 2.28 bits per heavy atom. The molecule has 0 saturated heterocycles. The van der Waals surface area contributed by atoms with Crippen molar-refractivity contribution in [3.63, 3.8) is 0 Å². The second-order valence-electron chi connectivity index (χ2n) is 4.79. The molecule has 1 nitrogen and oxygen atoms in total. The van der Waals surface area contributed by atoms with Gasteiger partial charge in [0.2, 0.25) is 0 Å². The van der Waals surface area contributed by atoms with Gasteiger partial charge in [0, 0.05) is 12.3 Å². The van der Waals surface area contributed by atoms with E-state index in [9.17, 15) is 18.0 Å². The Labute approximate surface area is 104 Å². The lowest BCUT2D eigenvalue weighted by Crippen LogP contribution is -2.04. The molecule has 1 aliphatic carbocycles. The van der Waals surface area contributed by atoms with E-state index in [0.29, 0.717) is 18.6 Å². The molecule has 18 heavy (non-hydrogen) atoms. The van der Waals surface area contributed by atoms with Crippen molar-refractivity contribution in [1.82, 2.24) is 0 Å². The van der Waals surface area contributed by atoms with Gasteiger partial charge in [0.15, 0.2) is 0 Å². The number of aryl methyl sites for hydroxylation is 1. The molecule has 0 spiro atoms. The maximum atomic E-state index is 12.3. The van der Waals surface area contributed by atoms with E-state index in [-0.39, 0.29) is 5.92 Å². The van der Waals surface area contributed by atoms with E-state index in [4.69, 9.17) is 0 Å². The number of hydrogen-bond donors (Lipinski definition) is 0. The smallest absolute Gasteiger partial charge is 0.299 e. The van der Waals surface area contributed by atoms with Gasteiger partial charge in [0.1, 0.15) is 5.78 Å². The summed E-state index contributed by atoms with van der Waals surface area (Å²) in [5.41, 5.74) is 0.229. The van der Waals surface area contributed by atoms with Crippen molar-refractivity contribution in [2.24, 2.45) is 5.92 Å². The van der Waals surface area contributed by atoms with Crippen molar-refractivity contribution in [2.45, 2.75) is 38.3 Å². The largest absolute Gasteiger partial charge is 0.416 e. The summed E-state index contributed by atoms with van der Waals surface area (Å²) in [6, 6.07) is 5.17. The molecule has 0 aliphatic heterocycles. The molecule has 0 N–H and O–H groups in total. The highest BCUT2D eigenvalue weighted by Gasteiger charge is 2.30. The predicted molar refractivity (Wildman–Crippen MR) is 62.1 cm³/mol. The zero-order chi connectivity index (χ0) is 13.2. The van der Waals surface area contributed by atoms with Crippen molar-refractivity contribution in [2.75, 3.05) is 0 Å². The van der Waals surface area contributed by atoms with Crippen LogP contribution < -0.4 is 0 Å². The number of benzene rings is 1. The van der Waals surface area contributed by atoms with Crippen molar-refractivity contribution in [1.29, 1.82) is 0 Å². The molecule has 1 saturated carbocycles. The number of ketones is 1. The first kappa shape index (κ1) is 13.1. The van der Waals surface area contributed by atoms with Gasteiger partial charge in [-0.15, -0.1) is 0 Å². The van der Waals surface area contributed by atoms with E-state index >= 15 is 0 Å². The predicted octanol–water partition coefficient (Wildman–Crippen LogP) is 4.01. The van der Waals surface area contributed by atoms with Gasteiger partial charge in [-0.3, -0.25) is 4.79 Å². The van der Waals surface area contributed by atoms with Crippen LogP contribution >= 0.6 is 0 Å². The summed E-state index contributed by atoms with van der Waals surface area (Å²) < 4.78 is 37.0. The lowest BCUT2D eigenvalue weighted by Gasteiger charge is -2.07. The third-order valence-corrected chi connectivity index (χ3v) is 3.20. The van der Waals surface area contributed by atoms with E-state index in [2.05, 4.69) is 0 Å². The fourth-order valence-electron chi connectivity index (χ4n) is 1.94. The maximum absolute atomic E-state index is 12.3. The summed E-state index contributed by atoms with van der Waals surface area (Å²) in [7, 11) is 0. The van der Waals surface area contributed by atoms with E-state index < -0.39 is 11.7 Å². The minimum absolute atomic E-state index is 0.276. The summed E-state index contributed by atoms with van der Waals surface area (Å²) in [5, 5.41) is 0. The zero-order valence-corrected chi connectivity index (χ0v) is 9.96. The van der Waals surface area contributed by atoms with Crippen LogP contribution in [-0.2, 0) is 17.4 Å². The van der Waals surface area contributed by atoms with Crippen LogP contribution in [0.15, 0.2) is 24.3 Å². The molecule has 0 atom stereocenters. The quantitative estimate of drug-likeness (QED) is 0.778. The Kier molecular flexibility index (Phi) is 3.73. The summed E-state index contributed by atoms with van der Waals surface area (Å²) >= 11 is 0. The van der Waals surface area contributed by atoms with Crippen molar-refractivity contribution < 1.29 is 18.0 Å². The Morgan fingerprint density at radius 1 is 1.17 bits per heavy atom.